The average molecular weight is 466 g/mol. The predicted octanol–water partition coefficient (Wildman–Crippen LogP) is 2.26. The van der Waals surface area contributed by atoms with Gasteiger partial charge >= 0.3 is 0 Å². The minimum Gasteiger partial charge on any atom is -0.302 e. The van der Waals surface area contributed by atoms with Crippen molar-refractivity contribution in [1.29, 1.82) is 0 Å². The standard InChI is InChI=1S/C19H23N5O5S2/c1-14(25)20-19-21-17(8-5-15-3-6-16(7-4-15)24(26)27)18(30-19)13-22-9-11-23(12-10-22)31(2,28)29/h3-8H,9-13H2,1-2H3,(H,20,21,25)/b8-5-. The van der Waals surface area contributed by atoms with Crippen molar-refractivity contribution in [3.63, 3.8) is 0 Å². The van der Waals surface area contributed by atoms with Crippen LogP contribution in [-0.2, 0) is 21.4 Å². The maximum Gasteiger partial charge on any atom is 0.269 e. The Bertz CT molecular complexity index is 1090. The lowest BCUT2D eigenvalue weighted by Crippen LogP contribution is -2.47. The number of aromatic nitrogens is 1. The third-order valence-electron chi connectivity index (χ3n) is 4.72. The van der Waals surface area contributed by atoms with Crippen molar-refractivity contribution >= 4 is 50.2 Å². The number of hydrogen-bond donors (Lipinski definition) is 1. The van der Waals surface area contributed by atoms with Gasteiger partial charge in [0, 0.05) is 56.7 Å². The Morgan fingerprint density at radius 2 is 1.87 bits per heavy atom. The second-order valence-electron chi connectivity index (χ2n) is 7.13. The molecule has 10 nitrogen and oxygen atoms in total. The van der Waals surface area contributed by atoms with Crippen molar-refractivity contribution < 1.29 is 18.1 Å². The highest BCUT2D eigenvalue weighted by molar-refractivity contribution is 7.88. The average Bonchev–Trinajstić information content (AvgIpc) is 3.06. The van der Waals surface area contributed by atoms with Crippen molar-refractivity contribution in [2.75, 3.05) is 37.8 Å². The summed E-state index contributed by atoms with van der Waals surface area (Å²) in [5, 5.41) is 14.0. The van der Waals surface area contributed by atoms with Gasteiger partial charge in [0.2, 0.25) is 15.9 Å². The van der Waals surface area contributed by atoms with Crippen LogP contribution in [0.2, 0.25) is 0 Å². The molecular weight excluding hydrogens is 442 g/mol. The summed E-state index contributed by atoms with van der Waals surface area (Å²) in [4.78, 5) is 29.4. The van der Waals surface area contributed by atoms with E-state index in [2.05, 4.69) is 15.2 Å². The zero-order valence-electron chi connectivity index (χ0n) is 17.1. The van der Waals surface area contributed by atoms with Crippen LogP contribution in [0.5, 0.6) is 0 Å². The number of nitrogens with zero attached hydrogens (tertiary/aromatic N) is 4. The van der Waals surface area contributed by atoms with Gasteiger partial charge in [0.05, 0.1) is 16.9 Å². The molecule has 0 saturated carbocycles. The number of benzene rings is 1. The van der Waals surface area contributed by atoms with Crippen LogP contribution in [0.15, 0.2) is 24.3 Å². The van der Waals surface area contributed by atoms with Crippen molar-refractivity contribution in [1.82, 2.24) is 14.2 Å². The van der Waals surface area contributed by atoms with E-state index in [-0.39, 0.29) is 11.6 Å². The molecule has 1 aliphatic heterocycles. The van der Waals surface area contributed by atoms with Crippen LogP contribution in [0.4, 0.5) is 10.8 Å². The molecule has 3 rings (SSSR count). The highest BCUT2D eigenvalue weighted by Crippen LogP contribution is 2.27. The smallest absolute Gasteiger partial charge is 0.269 e. The molecule has 1 N–H and O–H groups in total. The number of hydrogen-bond acceptors (Lipinski definition) is 8. The number of nitro groups is 1. The molecule has 166 valence electrons. The summed E-state index contributed by atoms with van der Waals surface area (Å²) in [5.74, 6) is -0.215. The minimum absolute atomic E-state index is 0.0210. The van der Waals surface area contributed by atoms with E-state index in [9.17, 15) is 23.3 Å². The maximum atomic E-state index is 11.7. The van der Waals surface area contributed by atoms with Crippen LogP contribution >= 0.6 is 11.3 Å². The number of sulfonamides is 1. The van der Waals surface area contributed by atoms with E-state index in [4.69, 9.17) is 0 Å². The molecule has 0 bridgehead atoms. The molecule has 1 saturated heterocycles. The number of nitrogens with one attached hydrogen (secondary N) is 1. The van der Waals surface area contributed by atoms with E-state index in [0.717, 1.165) is 10.4 Å². The first-order valence-electron chi connectivity index (χ1n) is 9.49. The lowest BCUT2D eigenvalue weighted by molar-refractivity contribution is -0.384. The number of non-ortho nitro benzene ring substituents is 1. The lowest BCUT2D eigenvalue weighted by Gasteiger charge is -2.32. The molecule has 1 aromatic heterocycles. The topological polar surface area (TPSA) is 126 Å². The summed E-state index contributed by atoms with van der Waals surface area (Å²) < 4.78 is 24.9. The molecule has 2 heterocycles. The van der Waals surface area contributed by atoms with Gasteiger partial charge in [-0.1, -0.05) is 17.4 Å². The fourth-order valence-electron chi connectivity index (χ4n) is 3.12. The molecule has 1 aromatic carbocycles. The SMILES string of the molecule is CC(=O)Nc1nc(/C=C\c2ccc([N+](=O)[O-])cc2)c(CN2CCN(S(C)(=O)=O)CC2)s1. The zero-order chi connectivity index (χ0) is 22.6. The van der Waals surface area contributed by atoms with Gasteiger partial charge in [-0.15, -0.1) is 0 Å². The summed E-state index contributed by atoms with van der Waals surface area (Å²) >= 11 is 1.37. The first-order valence-corrected chi connectivity index (χ1v) is 12.2. The van der Waals surface area contributed by atoms with E-state index in [1.807, 2.05) is 6.08 Å². The fourth-order valence-corrected chi connectivity index (χ4v) is 4.98. The second-order valence-corrected chi connectivity index (χ2v) is 10.2. The Balaban J connectivity index is 1.76. The number of nitro benzene ring substituents is 1. The van der Waals surface area contributed by atoms with Crippen molar-refractivity contribution in [3.8, 4) is 0 Å². The number of thiazole rings is 1. The minimum atomic E-state index is -3.19. The van der Waals surface area contributed by atoms with Gasteiger partial charge < -0.3 is 5.32 Å². The summed E-state index contributed by atoms with van der Waals surface area (Å²) in [6.45, 7) is 4.07. The van der Waals surface area contributed by atoms with E-state index in [1.54, 1.807) is 18.2 Å². The molecule has 1 fully saturated rings. The van der Waals surface area contributed by atoms with E-state index in [0.29, 0.717) is 43.5 Å². The largest absolute Gasteiger partial charge is 0.302 e. The van der Waals surface area contributed by atoms with Crippen LogP contribution in [-0.4, -0.2) is 65.9 Å². The van der Waals surface area contributed by atoms with Crippen LogP contribution in [0, 0.1) is 10.1 Å². The van der Waals surface area contributed by atoms with Gasteiger partial charge in [0.15, 0.2) is 5.13 Å². The Morgan fingerprint density at radius 3 is 2.42 bits per heavy atom. The molecule has 0 unspecified atom stereocenters. The highest BCUT2D eigenvalue weighted by Gasteiger charge is 2.24. The van der Waals surface area contributed by atoms with Crippen LogP contribution in [0.1, 0.15) is 23.1 Å². The van der Waals surface area contributed by atoms with Gasteiger partial charge in [-0.3, -0.25) is 19.8 Å². The van der Waals surface area contributed by atoms with Gasteiger partial charge in [-0.2, -0.15) is 4.31 Å². The number of piperazine rings is 1. The normalized spacial score (nSPS) is 15.9. The summed E-state index contributed by atoms with van der Waals surface area (Å²) in [6.07, 6.45) is 4.83. The van der Waals surface area contributed by atoms with E-state index >= 15 is 0 Å². The zero-order valence-corrected chi connectivity index (χ0v) is 18.8. The second kappa shape index (κ2) is 9.64. The highest BCUT2D eigenvalue weighted by atomic mass is 32.2. The Labute approximate surface area is 184 Å². The number of carbonyl (C=O) groups excluding carboxylic acids is 1. The molecular formula is C19H23N5O5S2. The summed E-state index contributed by atoms with van der Waals surface area (Å²) in [5.41, 5.74) is 1.50. The van der Waals surface area contributed by atoms with Crippen LogP contribution < -0.4 is 5.32 Å². The van der Waals surface area contributed by atoms with Crippen molar-refractivity contribution in [2.45, 2.75) is 13.5 Å². The van der Waals surface area contributed by atoms with Gasteiger partial charge in [0.1, 0.15) is 0 Å². The third kappa shape index (κ3) is 6.40. The number of anilines is 1. The van der Waals surface area contributed by atoms with E-state index < -0.39 is 14.9 Å². The number of rotatable bonds is 7. The van der Waals surface area contributed by atoms with Crippen LogP contribution in [0.3, 0.4) is 0 Å². The molecule has 2 aromatic rings. The van der Waals surface area contributed by atoms with E-state index in [1.165, 1.54) is 41.0 Å². The maximum absolute atomic E-state index is 11.7. The predicted molar refractivity (Wildman–Crippen MR) is 120 cm³/mol. The van der Waals surface area contributed by atoms with Gasteiger partial charge in [-0.05, 0) is 23.8 Å². The molecule has 0 aliphatic carbocycles. The molecule has 0 atom stereocenters. The first-order chi connectivity index (χ1) is 14.6. The summed E-state index contributed by atoms with van der Waals surface area (Å²) in [7, 11) is -3.19. The Kier molecular flexibility index (Phi) is 7.15. The molecule has 0 radical (unpaired) electrons. The Hall–Kier alpha value is -2.67. The first kappa shape index (κ1) is 23.0. The van der Waals surface area contributed by atoms with Gasteiger partial charge in [-0.25, -0.2) is 13.4 Å². The quantitative estimate of drug-likeness (QED) is 0.491. The monoisotopic (exact) mass is 465 g/mol. The lowest BCUT2D eigenvalue weighted by atomic mass is 10.2. The molecule has 0 spiro atoms. The number of carbonyl (C=O) groups is 1. The molecule has 31 heavy (non-hydrogen) atoms. The Morgan fingerprint density at radius 1 is 1.23 bits per heavy atom. The van der Waals surface area contributed by atoms with Gasteiger partial charge in [0.25, 0.3) is 5.69 Å². The molecule has 12 heteroatoms. The third-order valence-corrected chi connectivity index (χ3v) is 6.99. The number of amides is 1. The molecule has 1 aliphatic rings. The van der Waals surface area contributed by atoms with Crippen molar-refractivity contribution in [2.24, 2.45) is 0 Å². The van der Waals surface area contributed by atoms with Crippen molar-refractivity contribution in [3.05, 3.63) is 50.5 Å². The molecule has 1 amide bonds. The summed E-state index contributed by atoms with van der Waals surface area (Å²) in [6, 6.07) is 6.18. The van der Waals surface area contributed by atoms with Crippen LogP contribution in [0.25, 0.3) is 12.2 Å². The fraction of sp³-hybridized carbons (Fsp3) is 0.368.